The van der Waals surface area contributed by atoms with Crippen molar-refractivity contribution in [1.29, 1.82) is 0 Å². The predicted molar refractivity (Wildman–Crippen MR) is 101 cm³/mol. The molecule has 1 aromatic carbocycles. The van der Waals surface area contributed by atoms with Crippen LogP contribution in [-0.4, -0.2) is 42.0 Å². The summed E-state index contributed by atoms with van der Waals surface area (Å²) in [6.45, 7) is 1.64. The van der Waals surface area contributed by atoms with Crippen molar-refractivity contribution in [3.05, 3.63) is 27.8 Å². The lowest BCUT2D eigenvalue weighted by Crippen LogP contribution is -2.25. The van der Waals surface area contributed by atoms with Crippen molar-refractivity contribution in [2.75, 3.05) is 20.3 Å². The van der Waals surface area contributed by atoms with Crippen molar-refractivity contribution in [2.24, 2.45) is 0 Å². The lowest BCUT2D eigenvalue weighted by Gasteiger charge is -2.12. The molecule has 9 nitrogen and oxygen atoms in total. The Morgan fingerprint density at radius 3 is 2.61 bits per heavy atom. The Balaban J connectivity index is 2.43. The van der Waals surface area contributed by atoms with Gasteiger partial charge in [0.25, 0.3) is 5.69 Å². The number of aliphatic hydroxyl groups is 1. The van der Waals surface area contributed by atoms with E-state index in [1.807, 2.05) is 0 Å². The van der Waals surface area contributed by atoms with Gasteiger partial charge in [-0.25, -0.2) is 0 Å². The number of nitro benzene ring substituents is 1. The van der Waals surface area contributed by atoms with Crippen LogP contribution in [0.3, 0.4) is 0 Å². The van der Waals surface area contributed by atoms with E-state index >= 15 is 0 Å². The van der Waals surface area contributed by atoms with Crippen LogP contribution in [0, 0.1) is 22.0 Å². The maximum absolute atomic E-state index is 11.8. The maximum atomic E-state index is 11.8. The highest BCUT2D eigenvalue weighted by Gasteiger charge is 2.19. The number of amides is 1. The number of hydrogen-bond acceptors (Lipinski definition) is 7. The summed E-state index contributed by atoms with van der Waals surface area (Å²) >= 11 is 0. The van der Waals surface area contributed by atoms with Crippen LogP contribution in [0.25, 0.3) is 0 Å². The normalized spacial score (nSPS) is 9.82. The monoisotopic (exact) mass is 392 g/mol. The minimum Gasteiger partial charge on any atom is -0.493 e. The summed E-state index contributed by atoms with van der Waals surface area (Å²) in [4.78, 5) is 33.4. The molecule has 152 valence electrons. The number of ketones is 1. The van der Waals surface area contributed by atoms with E-state index in [1.165, 1.54) is 19.2 Å². The van der Waals surface area contributed by atoms with Crippen molar-refractivity contribution < 1.29 is 29.1 Å². The van der Waals surface area contributed by atoms with E-state index in [2.05, 4.69) is 17.2 Å². The Hall–Kier alpha value is -3.12. The van der Waals surface area contributed by atoms with E-state index in [-0.39, 0.29) is 47.5 Å². The maximum Gasteiger partial charge on any atom is 0.278 e. The van der Waals surface area contributed by atoms with E-state index in [9.17, 15) is 24.8 Å². The van der Waals surface area contributed by atoms with Crippen LogP contribution >= 0.6 is 0 Å². The summed E-state index contributed by atoms with van der Waals surface area (Å²) < 4.78 is 10.6. The summed E-state index contributed by atoms with van der Waals surface area (Å²) in [5.74, 6) is 5.07. The molecule has 0 heterocycles. The second-order valence-corrected chi connectivity index (χ2v) is 5.75. The number of carbonyl (C=O) groups excluding carboxylic acids is 2. The van der Waals surface area contributed by atoms with Gasteiger partial charge in [-0.3, -0.25) is 19.7 Å². The van der Waals surface area contributed by atoms with Crippen LogP contribution in [0.15, 0.2) is 12.1 Å². The van der Waals surface area contributed by atoms with Gasteiger partial charge in [-0.15, -0.1) is 0 Å². The number of methoxy groups -OCH3 is 1. The number of Topliss-reactive ketones (excluding diaryl/α,β-unsaturated/α-hetero) is 1. The molecule has 1 aromatic rings. The Morgan fingerprint density at radius 1 is 1.25 bits per heavy atom. The van der Waals surface area contributed by atoms with Gasteiger partial charge in [0.15, 0.2) is 11.5 Å². The fraction of sp³-hybridized carbons (Fsp3) is 0.474. The SMILES string of the molecule is CC#CC(=O)CCCNC(=O)CCCOc1cc([N+](=O)[O-])c(CO)cc1OC. The van der Waals surface area contributed by atoms with E-state index in [1.54, 1.807) is 6.92 Å². The zero-order chi connectivity index (χ0) is 20.9. The third-order valence-corrected chi connectivity index (χ3v) is 3.70. The van der Waals surface area contributed by atoms with Crippen LogP contribution in [0.2, 0.25) is 0 Å². The number of nitrogens with one attached hydrogen (secondary N) is 1. The van der Waals surface area contributed by atoms with Gasteiger partial charge in [0, 0.05) is 19.4 Å². The molecule has 1 rings (SSSR count). The quantitative estimate of drug-likeness (QED) is 0.182. The molecule has 0 radical (unpaired) electrons. The molecular formula is C19H24N2O7. The number of ether oxygens (including phenoxy) is 2. The standard InChI is InChI=1S/C19H24N2O7/c1-3-6-15(23)7-4-9-20-19(24)8-5-10-28-18-12-16(21(25)26)14(13-22)11-17(18)27-2/h11-12,22H,4-5,7-10,13H2,1-2H3,(H,20,24). The number of benzene rings is 1. The molecule has 0 spiro atoms. The molecule has 0 atom stereocenters. The van der Waals surface area contributed by atoms with Crippen LogP contribution in [0.4, 0.5) is 5.69 Å². The largest absolute Gasteiger partial charge is 0.493 e. The molecular weight excluding hydrogens is 368 g/mol. The van der Waals surface area contributed by atoms with Gasteiger partial charge >= 0.3 is 0 Å². The van der Waals surface area contributed by atoms with Crippen molar-refractivity contribution in [1.82, 2.24) is 5.32 Å². The summed E-state index contributed by atoms with van der Waals surface area (Å²) in [5.41, 5.74) is -0.143. The van der Waals surface area contributed by atoms with Gasteiger partial charge < -0.3 is 19.9 Å². The number of rotatable bonds is 12. The van der Waals surface area contributed by atoms with Gasteiger partial charge in [0.05, 0.1) is 36.9 Å². The highest BCUT2D eigenvalue weighted by Crippen LogP contribution is 2.34. The molecule has 0 aliphatic rings. The first kappa shape index (κ1) is 22.9. The molecule has 0 fully saturated rings. The van der Waals surface area contributed by atoms with Crippen molar-refractivity contribution in [2.45, 2.75) is 39.2 Å². The number of carbonyl (C=O) groups is 2. The first-order chi connectivity index (χ1) is 13.4. The number of nitrogens with zero attached hydrogens (tertiary/aromatic N) is 1. The summed E-state index contributed by atoms with van der Waals surface area (Å²) in [6.07, 6.45) is 1.42. The van der Waals surface area contributed by atoms with Crippen LogP contribution in [0.5, 0.6) is 11.5 Å². The van der Waals surface area contributed by atoms with Gasteiger partial charge in [0.1, 0.15) is 0 Å². The second kappa shape index (κ2) is 12.3. The lowest BCUT2D eigenvalue weighted by atomic mass is 10.1. The van der Waals surface area contributed by atoms with Crippen LogP contribution in [-0.2, 0) is 16.2 Å². The zero-order valence-electron chi connectivity index (χ0n) is 15.9. The van der Waals surface area contributed by atoms with E-state index in [0.717, 1.165) is 0 Å². The van der Waals surface area contributed by atoms with Gasteiger partial charge in [-0.1, -0.05) is 5.92 Å². The Labute approximate surface area is 163 Å². The van der Waals surface area contributed by atoms with Gasteiger partial charge in [-0.2, -0.15) is 0 Å². The molecule has 9 heteroatoms. The van der Waals surface area contributed by atoms with Crippen LogP contribution < -0.4 is 14.8 Å². The van der Waals surface area contributed by atoms with Gasteiger partial charge in [0.2, 0.25) is 11.7 Å². The lowest BCUT2D eigenvalue weighted by molar-refractivity contribution is -0.385. The third-order valence-electron chi connectivity index (χ3n) is 3.70. The topological polar surface area (TPSA) is 128 Å². The van der Waals surface area contributed by atoms with E-state index in [0.29, 0.717) is 25.8 Å². The first-order valence-corrected chi connectivity index (χ1v) is 8.74. The summed E-state index contributed by atoms with van der Waals surface area (Å²) in [5, 5.41) is 23.0. The Morgan fingerprint density at radius 2 is 2.00 bits per heavy atom. The molecule has 0 aliphatic carbocycles. The van der Waals surface area contributed by atoms with Crippen molar-refractivity contribution in [3.8, 4) is 23.3 Å². The fourth-order valence-electron chi connectivity index (χ4n) is 2.34. The minimum atomic E-state index is -0.609. The van der Waals surface area contributed by atoms with Crippen LogP contribution in [0.1, 0.15) is 38.2 Å². The molecule has 0 saturated heterocycles. The fourth-order valence-corrected chi connectivity index (χ4v) is 2.34. The van der Waals surface area contributed by atoms with E-state index in [4.69, 9.17) is 9.47 Å². The average molecular weight is 392 g/mol. The predicted octanol–water partition coefficient (Wildman–Crippen LogP) is 1.74. The van der Waals surface area contributed by atoms with Crippen molar-refractivity contribution in [3.63, 3.8) is 0 Å². The summed E-state index contributed by atoms with van der Waals surface area (Å²) in [7, 11) is 1.39. The third kappa shape index (κ3) is 7.63. The smallest absolute Gasteiger partial charge is 0.278 e. The summed E-state index contributed by atoms with van der Waals surface area (Å²) in [6, 6.07) is 2.55. The number of hydrogen-bond donors (Lipinski definition) is 2. The van der Waals surface area contributed by atoms with E-state index < -0.39 is 11.5 Å². The molecule has 0 aliphatic heterocycles. The highest BCUT2D eigenvalue weighted by molar-refractivity contribution is 5.95. The molecule has 0 saturated carbocycles. The van der Waals surface area contributed by atoms with Gasteiger partial charge in [-0.05, 0) is 31.8 Å². The Bertz CT molecular complexity index is 766. The first-order valence-electron chi connectivity index (χ1n) is 8.74. The molecule has 0 aromatic heterocycles. The Kier molecular flexibility index (Phi) is 10.1. The number of aliphatic hydroxyl groups excluding tert-OH is 1. The highest BCUT2D eigenvalue weighted by atomic mass is 16.6. The second-order valence-electron chi connectivity index (χ2n) is 5.75. The molecule has 0 bridgehead atoms. The minimum absolute atomic E-state index is 0.122. The molecule has 0 unspecified atom stereocenters. The number of nitro groups is 1. The zero-order valence-corrected chi connectivity index (χ0v) is 15.9. The van der Waals surface area contributed by atoms with Crippen molar-refractivity contribution >= 4 is 17.4 Å². The molecule has 2 N–H and O–H groups in total. The average Bonchev–Trinajstić information content (AvgIpc) is 2.68. The molecule has 28 heavy (non-hydrogen) atoms. The molecule has 1 amide bonds.